The van der Waals surface area contributed by atoms with Gasteiger partial charge in [0.1, 0.15) is 0 Å². The molecule has 0 aromatic carbocycles. The third kappa shape index (κ3) is 2.80. The van der Waals surface area contributed by atoms with E-state index in [0.29, 0.717) is 0 Å². The second-order valence-corrected chi connectivity index (χ2v) is 5.13. The SMILES string of the molecule is CC1(C)CNCCCN1Cc1cccnc1. The van der Waals surface area contributed by atoms with Crippen molar-refractivity contribution in [3.8, 4) is 0 Å². The molecule has 1 aliphatic heterocycles. The standard InChI is InChI=1S/C13H21N3/c1-13(2)11-15-7-4-8-16(13)10-12-5-3-6-14-9-12/h3,5-6,9,15H,4,7-8,10-11H2,1-2H3. The zero-order valence-corrected chi connectivity index (χ0v) is 10.2. The molecule has 0 spiro atoms. The Morgan fingerprint density at radius 2 is 2.38 bits per heavy atom. The molecule has 0 radical (unpaired) electrons. The topological polar surface area (TPSA) is 28.2 Å². The van der Waals surface area contributed by atoms with Crippen molar-refractivity contribution in [3.63, 3.8) is 0 Å². The Balaban J connectivity index is 2.07. The first-order valence-electron chi connectivity index (χ1n) is 6.03. The highest BCUT2D eigenvalue weighted by atomic mass is 15.2. The molecule has 3 heteroatoms. The fraction of sp³-hybridized carbons (Fsp3) is 0.615. The van der Waals surface area contributed by atoms with Gasteiger partial charge in [-0.05, 0) is 38.4 Å². The van der Waals surface area contributed by atoms with Crippen molar-refractivity contribution < 1.29 is 0 Å². The number of nitrogens with one attached hydrogen (secondary N) is 1. The Morgan fingerprint density at radius 1 is 1.50 bits per heavy atom. The predicted molar refractivity (Wildman–Crippen MR) is 66.2 cm³/mol. The van der Waals surface area contributed by atoms with Gasteiger partial charge in [0.2, 0.25) is 0 Å². The lowest BCUT2D eigenvalue weighted by molar-refractivity contribution is 0.124. The van der Waals surface area contributed by atoms with Crippen molar-refractivity contribution >= 4 is 0 Å². The predicted octanol–water partition coefficient (Wildman–Crippen LogP) is 1.66. The first-order valence-corrected chi connectivity index (χ1v) is 6.03. The third-order valence-corrected chi connectivity index (χ3v) is 3.29. The molecule has 1 aromatic rings. The summed E-state index contributed by atoms with van der Waals surface area (Å²) in [7, 11) is 0. The average molecular weight is 219 g/mol. The lowest BCUT2D eigenvalue weighted by Crippen LogP contribution is -2.47. The first-order chi connectivity index (χ1) is 7.68. The van der Waals surface area contributed by atoms with Crippen molar-refractivity contribution in [3.05, 3.63) is 30.1 Å². The van der Waals surface area contributed by atoms with Crippen LogP contribution in [0.25, 0.3) is 0 Å². The summed E-state index contributed by atoms with van der Waals surface area (Å²) in [5.41, 5.74) is 1.53. The van der Waals surface area contributed by atoms with Crippen LogP contribution in [0.4, 0.5) is 0 Å². The molecule has 0 unspecified atom stereocenters. The van der Waals surface area contributed by atoms with Crippen LogP contribution in [0.15, 0.2) is 24.5 Å². The Kier molecular flexibility index (Phi) is 3.56. The van der Waals surface area contributed by atoms with Gasteiger partial charge in [-0.2, -0.15) is 0 Å². The number of hydrogen-bond donors (Lipinski definition) is 1. The summed E-state index contributed by atoms with van der Waals surface area (Å²) in [4.78, 5) is 6.72. The Hall–Kier alpha value is -0.930. The normalized spacial score (nSPS) is 21.6. The molecule has 1 aliphatic rings. The van der Waals surface area contributed by atoms with Gasteiger partial charge >= 0.3 is 0 Å². The zero-order valence-electron chi connectivity index (χ0n) is 10.2. The van der Waals surface area contributed by atoms with Crippen molar-refractivity contribution in [1.29, 1.82) is 0 Å². The van der Waals surface area contributed by atoms with Crippen LogP contribution in [0.5, 0.6) is 0 Å². The fourth-order valence-corrected chi connectivity index (χ4v) is 2.21. The molecule has 0 aliphatic carbocycles. The van der Waals surface area contributed by atoms with Crippen molar-refractivity contribution in [2.45, 2.75) is 32.4 Å². The van der Waals surface area contributed by atoms with E-state index in [1.165, 1.54) is 12.0 Å². The molecule has 88 valence electrons. The summed E-state index contributed by atoms with van der Waals surface area (Å²) in [6.45, 7) is 8.97. The quantitative estimate of drug-likeness (QED) is 0.820. The van der Waals surface area contributed by atoms with Crippen LogP contribution in [0, 0.1) is 0 Å². The zero-order chi connectivity index (χ0) is 11.4. The molecule has 2 heterocycles. The fourth-order valence-electron chi connectivity index (χ4n) is 2.21. The number of nitrogens with zero attached hydrogens (tertiary/aromatic N) is 2. The largest absolute Gasteiger partial charge is 0.315 e. The van der Waals surface area contributed by atoms with Gasteiger partial charge in [0.15, 0.2) is 0 Å². The maximum atomic E-state index is 4.18. The van der Waals surface area contributed by atoms with E-state index in [4.69, 9.17) is 0 Å². The first kappa shape index (κ1) is 11.6. The van der Waals surface area contributed by atoms with E-state index in [2.05, 4.69) is 35.1 Å². The van der Waals surface area contributed by atoms with Crippen LogP contribution in [-0.2, 0) is 6.54 Å². The summed E-state index contributed by atoms with van der Waals surface area (Å²) in [6, 6.07) is 4.17. The molecule has 3 nitrogen and oxygen atoms in total. The van der Waals surface area contributed by atoms with Gasteiger partial charge in [-0.1, -0.05) is 6.07 Å². The lowest BCUT2D eigenvalue weighted by atomic mass is 10.0. The molecular weight excluding hydrogens is 198 g/mol. The Labute approximate surface area is 97.9 Å². The molecule has 16 heavy (non-hydrogen) atoms. The van der Waals surface area contributed by atoms with Crippen molar-refractivity contribution in [2.24, 2.45) is 0 Å². The van der Waals surface area contributed by atoms with Gasteiger partial charge in [0, 0.05) is 37.6 Å². The highest BCUT2D eigenvalue weighted by Crippen LogP contribution is 2.19. The minimum Gasteiger partial charge on any atom is -0.315 e. The van der Waals surface area contributed by atoms with E-state index in [0.717, 1.165) is 26.2 Å². The van der Waals surface area contributed by atoms with Gasteiger partial charge < -0.3 is 5.32 Å². The van der Waals surface area contributed by atoms with E-state index >= 15 is 0 Å². The second kappa shape index (κ2) is 4.93. The van der Waals surface area contributed by atoms with E-state index < -0.39 is 0 Å². The molecule has 2 rings (SSSR count). The average Bonchev–Trinajstić information content (AvgIpc) is 2.43. The summed E-state index contributed by atoms with van der Waals surface area (Å²) in [5.74, 6) is 0. The van der Waals surface area contributed by atoms with Crippen molar-refractivity contribution in [1.82, 2.24) is 15.2 Å². The van der Waals surface area contributed by atoms with Crippen molar-refractivity contribution in [2.75, 3.05) is 19.6 Å². The number of pyridine rings is 1. The van der Waals surface area contributed by atoms with Crippen LogP contribution in [0.3, 0.4) is 0 Å². The molecule has 1 saturated heterocycles. The molecule has 0 amide bonds. The van der Waals surface area contributed by atoms with E-state index in [-0.39, 0.29) is 5.54 Å². The summed E-state index contributed by atoms with van der Waals surface area (Å²) >= 11 is 0. The monoisotopic (exact) mass is 219 g/mol. The molecule has 1 aromatic heterocycles. The third-order valence-electron chi connectivity index (χ3n) is 3.29. The van der Waals surface area contributed by atoms with E-state index in [1.807, 2.05) is 18.5 Å². The Morgan fingerprint density at radius 3 is 3.12 bits per heavy atom. The van der Waals surface area contributed by atoms with Crippen LogP contribution in [0.1, 0.15) is 25.8 Å². The molecular formula is C13H21N3. The van der Waals surface area contributed by atoms with Gasteiger partial charge in [-0.3, -0.25) is 9.88 Å². The van der Waals surface area contributed by atoms with Gasteiger partial charge in [0.05, 0.1) is 0 Å². The van der Waals surface area contributed by atoms with Crippen LogP contribution in [-0.4, -0.2) is 35.1 Å². The number of hydrogen-bond acceptors (Lipinski definition) is 3. The van der Waals surface area contributed by atoms with Gasteiger partial charge in [-0.15, -0.1) is 0 Å². The maximum absolute atomic E-state index is 4.18. The molecule has 1 N–H and O–H groups in total. The van der Waals surface area contributed by atoms with Gasteiger partial charge in [0.25, 0.3) is 0 Å². The molecule has 0 saturated carbocycles. The van der Waals surface area contributed by atoms with Crippen LogP contribution >= 0.6 is 0 Å². The summed E-state index contributed by atoms with van der Waals surface area (Å²) in [6.07, 6.45) is 5.02. The van der Waals surface area contributed by atoms with Crippen LogP contribution in [0.2, 0.25) is 0 Å². The highest BCUT2D eigenvalue weighted by molar-refractivity contribution is 5.09. The van der Waals surface area contributed by atoms with Gasteiger partial charge in [-0.25, -0.2) is 0 Å². The van der Waals surface area contributed by atoms with Crippen LogP contribution < -0.4 is 5.32 Å². The summed E-state index contributed by atoms with van der Waals surface area (Å²) in [5, 5.41) is 3.50. The second-order valence-electron chi connectivity index (χ2n) is 5.13. The number of aromatic nitrogens is 1. The Bertz CT molecular complexity index is 321. The minimum atomic E-state index is 0.229. The highest BCUT2D eigenvalue weighted by Gasteiger charge is 2.27. The lowest BCUT2D eigenvalue weighted by Gasteiger charge is -2.36. The number of rotatable bonds is 2. The van der Waals surface area contributed by atoms with E-state index in [1.54, 1.807) is 0 Å². The van der Waals surface area contributed by atoms with E-state index in [9.17, 15) is 0 Å². The maximum Gasteiger partial charge on any atom is 0.0312 e. The summed E-state index contributed by atoms with van der Waals surface area (Å²) < 4.78 is 0. The molecule has 0 bridgehead atoms. The molecule has 1 fully saturated rings. The smallest absolute Gasteiger partial charge is 0.0312 e. The molecule has 0 atom stereocenters. The minimum absolute atomic E-state index is 0.229.